The van der Waals surface area contributed by atoms with Crippen LogP contribution in [-0.4, -0.2) is 53.6 Å². The molecule has 0 amide bonds. The van der Waals surface area contributed by atoms with Gasteiger partial charge in [-0.15, -0.1) is 0 Å². The largest absolute Gasteiger partial charge is 0.438 e. The molecular weight excluding hydrogens is 481 g/mol. The molecule has 0 aromatic carbocycles. The summed E-state index contributed by atoms with van der Waals surface area (Å²) in [7, 11) is 0. The van der Waals surface area contributed by atoms with Crippen LogP contribution in [0.25, 0.3) is 0 Å². The molecule has 0 bridgehead atoms. The number of hydrogen-bond donors (Lipinski definition) is 0. The first kappa shape index (κ1) is 27.7. The lowest BCUT2D eigenvalue weighted by Crippen LogP contribution is -2.77. The fourth-order valence-electron chi connectivity index (χ4n) is 1.60. The van der Waals surface area contributed by atoms with Crippen molar-refractivity contribution in [1.29, 1.82) is 0 Å². The van der Waals surface area contributed by atoms with Gasteiger partial charge in [0.15, 0.2) is 0 Å². The van der Waals surface area contributed by atoms with Gasteiger partial charge in [0.25, 0.3) is 0 Å². The van der Waals surface area contributed by atoms with E-state index in [2.05, 4.69) is 0 Å². The van der Waals surface area contributed by atoms with Gasteiger partial charge in [-0.1, -0.05) is 0 Å². The molecular formula is C10H3F19. The van der Waals surface area contributed by atoms with Crippen molar-refractivity contribution in [2.45, 2.75) is 60.5 Å². The van der Waals surface area contributed by atoms with E-state index in [1.54, 1.807) is 0 Å². The average Bonchev–Trinajstić information content (AvgIpc) is 2.41. The molecule has 0 nitrogen and oxygen atoms in total. The summed E-state index contributed by atoms with van der Waals surface area (Å²) < 4.78 is 241. The highest BCUT2D eigenvalue weighted by molar-refractivity contribution is 5.18. The molecule has 0 aromatic heterocycles. The smallest absolute Gasteiger partial charge is 0.216 e. The molecule has 0 saturated heterocycles. The topological polar surface area (TPSA) is 0 Å². The third kappa shape index (κ3) is 3.25. The van der Waals surface area contributed by atoms with Gasteiger partial charge in [-0.3, -0.25) is 0 Å². The van der Waals surface area contributed by atoms with Crippen molar-refractivity contribution < 1.29 is 83.4 Å². The summed E-state index contributed by atoms with van der Waals surface area (Å²) in [6.45, 7) is -1.35. The fourth-order valence-corrected chi connectivity index (χ4v) is 1.60. The van der Waals surface area contributed by atoms with Gasteiger partial charge >= 0.3 is 53.6 Å². The van der Waals surface area contributed by atoms with Crippen molar-refractivity contribution in [2.75, 3.05) is 0 Å². The van der Waals surface area contributed by atoms with E-state index in [4.69, 9.17) is 0 Å². The number of rotatable bonds is 6. The minimum absolute atomic E-state index is 1.35. The van der Waals surface area contributed by atoms with Gasteiger partial charge in [0.2, 0.25) is 0 Å². The van der Waals surface area contributed by atoms with Gasteiger partial charge in [0.05, 0.1) is 0 Å². The first-order chi connectivity index (χ1) is 12.0. The van der Waals surface area contributed by atoms with E-state index in [-0.39, 0.29) is 0 Å². The van der Waals surface area contributed by atoms with Crippen LogP contribution in [0.15, 0.2) is 0 Å². The summed E-state index contributed by atoms with van der Waals surface area (Å²) in [6.07, 6.45) is -16.5. The summed E-state index contributed by atoms with van der Waals surface area (Å²) in [5, 5.41) is 0. The maximum Gasteiger partial charge on any atom is 0.438 e. The molecule has 176 valence electrons. The summed E-state index contributed by atoms with van der Waals surface area (Å²) in [5.41, 5.74) is -8.69. The van der Waals surface area contributed by atoms with E-state index in [0.717, 1.165) is 0 Å². The van der Waals surface area contributed by atoms with Crippen LogP contribution in [0.4, 0.5) is 83.4 Å². The van der Waals surface area contributed by atoms with Crippen molar-refractivity contribution in [3.8, 4) is 0 Å². The average molecular weight is 484 g/mol. The number of alkyl halides is 19. The SMILES string of the molecule is CC(F)(F)C(F)(F)C(F)(F)C(F)(F)C(F)(F)C(F)(F)C(F)(C(F)(F)F)C(F)(F)F. The minimum atomic E-state index is -8.96. The third-order valence-electron chi connectivity index (χ3n) is 3.34. The van der Waals surface area contributed by atoms with Gasteiger partial charge in [0.1, 0.15) is 0 Å². The molecule has 0 aliphatic heterocycles. The molecule has 0 N–H and O–H groups in total. The predicted molar refractivity (Wildman–Crippen MR) is 51.3 cm³/mol. The van der Waals surface area contributed by atoms with E-state index in [1.165, 1.54) is 0 Å². The number of hydrogen-bond acceptors (Lipinski definition) is 0. The monoisotopic (exact) mass is 484 g/mol. The van der Waals surface area contributed by atoms with Crippen LogP contribution >= 0.6 is 0 Å². The molecule has 0 heterocycles. The Kier molecular flexibility index (Phi) is 6.04. The lowest BCUT2D eigenvalue weighted by Gasteiger charge is -2.44. The van der Waals surface area contributed by atoms with Crippen LogP contribution in [0.2, 0.25) is 0 Å². The maximum atomic E-state index is 13.2. The Bertz CT molecular complexity index is 584. The molecule has 0 rings (SSSR count). The highest BCUT2D eigenvalue weighted by Gasteiger charge is 2.98. The Balaban J connectivity index is 7.04. The van der Waals surface area contributed by atoms with Crippen molar-refractivity contribution in [2.24, 2.45) is 0 Å². The molecule has 29 heavy (non-hydrogen) atoms. The summed E-state index contributed by atoms with van der Waals surface area (Å²) in [5.74, 6) is -49.3. The van der Waals surface area contributed by atoms with Gasteiger partial charge in [0, 0.05) is 6.92 Å². The molecule has 0 atom stereocenters. The Labute approximate surface area is 145 Å². The van der Waals surface area contributed by atoms with E-state index in [1.807, 2.05) is 0 Å². The van der Waals surface area contributed by atoms with Gasteiger partial charge < -0.3 is 0 Å². The van der Waals surface area contributed by atoms with Crippen LogP contribution in [0, 0.1) is 0 Å². The Morgan fingerprint density at radius 1 is 0.310 bits per heavy atom. The molecule has 19 heteroatoms. The van der Waals surface area contributed by atoms with Gasteiger partial charge in [-0.2, -0.15) is 79.0 Å². The third-order valence-corrected chi connectivity index (χ3v) is 3.34. The lowest BCUT2D eigenvalue weighted by molar-refractivity contribution is -0.471. The highest BCUT2D eigenvalue weighted by atomic mass is 19.4. The molecule has 0 radical (unpaired) electrons. The van der Waals surface area contributed by atoms with Crippen molar-refractivity contribution in [1.82, 2.24) is 0 Å². The second-order valence-corrected chi connectivity index (χ2v) is 5.41. The van der Waals surface area contributed by atoms with E-state index >= 15 is 0 Å². The predicted octanol–water partition coefficient (Wildman–Crippen LogP) is 6.65. The summed E-state index contributed by atoms with van der Waals surface area (Å²) in [6, 6.07) is 0. The molecule has 0 aromatic rings. The molecule has 0 saturated carbocycles. The highest BCUT2D eigenvalue weighted by Crippen LogP contribution is 2.66. The Morgan fingerprint density at radius 2 is 0.517 bits per heavy atom. The standard InChI is InChI=1S/C10H3F19/c1-2(11,12)4(14,15)6(18,19)8(22,23)7(20,21)5(16,17)3(13,9(24,25)26)10(27,28)29/h1H3. The van der Waals surface area contributed by atoms with Crippen LogP contribution in [-0.2, 0) is 0 Å². The quantitative estimate of drug-likeness (QED) is 0.371. The van der Waals surface area contributed by atoms with Gasteiger partial charge in [-0.25, -0.2) is 4.39 Å². The zero-order valence-corrected chi connectivity index (χ0v) is 12.7. The van der Waals surface area contributed by atoms with Crippen molar-refractivity contribution in [3.05, 3.63) is 0 Å². The zero-order valence-electron chi connectivity index (χ0n) is 12.7. The zero-order chi connectivity index (χ0) is 24.5. The van der Waals surface area contributed by atoms with Gasteiger partial charge in [-0.05, 0) is 0 Å². The second-order valence-electron chi connectivity index (χ2n) is 5.41. The van der Waals surface area contributed by atoms with Crippen molar-refractivity contribution in [3.63, 3.8) is 0 Å². The first-order valence-electron chi connectivity index (χ1n) is 6.09. The van der Waals surface area contributed by atoms with Crippen molar-refractivity contribution >= 4 is 0 Å². The Hall–Kier alpha value is -1.33. The van der Waals surface area contributed by atoms with Crippen LogP contribution in [0.1, 0.15) is 6.92 Å². The normalized spacial score (nSPS) is 17.0. The lowest BCUT2D eigenvalue weighted by atomic mass is 9.84. The molecule has 0 fully saturated rings. The summed E-state index contributed by atoms with van der Waals surface area (Å²) in [4.78, 5) is 0. The number of halogens is 19. The van der Waals surface area contributed by atoms with E-state index < -0.39 is 60.5 Å². The van der Waals surface area contributed by atoms with Crippen LogP contribution < -0.4 is 0 Å². The first-order valence-corrected chi connectivity index (χ1v) is 6.09. The molecule has 0 unspecified atom stereocenters. The van der Waals surface area contributed by atoms with Crippen LogP contribution in [0.5, 0.6) is 0 Å². The molecule has 0 aliphatic carbocycles. The fraction of sp³-hybridized carbons (Fsp3) is 1.00. The Morgan fingerprint density at radius 3 is 0.724 bits per heavy atom. The molecule has 0 aliphatic rings. The molecule has 0 spiro atoms. The minimum Gasteiger partial charge on any atom is -0.216 e. The second kappa shape index (κ2) is 6.34. The van der Waals surface area contributed by atoms with E-state index in [9.17, 15) is 83.4 Å². The summed E-state index contributed by atoms with van der Waals surface area (Å²) >= 11 is 0. The van der Waals surface area contributed by atoms with E-state index in [0.29, 0.717) is 0 Å². The van der Waals surface area contributed by atoms with Crippen LogP contribution in [0.3, 0.4) is 0 Å². The maximum absolute atomic E-state index is 13.2.